The summed E-state index contributed by atoms with van der Waals surface area (Å²) in [5, 5.41) is 6.50. The van der Waals surface area contributed by atoms with Gasteiger partial charge in [0.1, 0.15) is 0 Å². The molecular formula is C13H25N3O. The molecule has 1 aliphatic carbocycles. The van der Waals surface area contributed by atoms with E-state index in [2.05, 4.69) is 10.6 Å². The summed E-state index contributed by atoms with van der Waals surface area (Å²) >= 11 is 0. The normalized spacial score (nSPS) is 25.9. The second-order valence-electron chi connectivity index (χ2n) is 5.59. The van der Waals surface area contributed by atoms with Crippen molar-refractivity contribution >= 4 is 5.91 Å². The van der Waals surface area contributed by atoms with Crippen molar-refractivity contribution in [2.75, 3.05) is 40.3 Å². The highest BCUT2D eigenvalue weighted by atomic mass is 16.2. The lowest BCUT2D eigenvalue weighted by Gasteiger charge is -2.25. The molecule has 0 aromatic rings. The maximum absolute atomic E-state index is 12.3. The van der Waals surface area contributed by atoms with Gasteiger partial charge in [0.2, 0.25) is 5.91 Å². The highest BCUT2D eigenvalue weighted by Crippen LogP contribution is 2.59. The van der Waals surface area contributed by atoms with E-state index in [0.29, 0.717) is 17.2 Å². The van der Waals surface area contributed by atoms with Crippen molar-refractivity contribution in [3.05, 3.63) is 0 Å². The second kappa shape index (κ2) is 5.36. The monoisotopic (exact) mass is 239 g/mol. The van der Waals surface area contributed by atoms with Crippen molar-refractivity contribution in [3.63, 3.8) is 0 Å². The van der Waals surface area contributed by atoms with Crippen LogP contribution < -0.4 is 10.6 Å². The van der Waals surface area contributed by atoms with Crippen molar-refractivity contribution in [1.29, 1.82) is 0 Å². The molecule has 4 nitrogen and oxygen atoms in total. The van der Waals surface area contributed by atoms with E-state index in [1.807, 2.05) is 19.0 Å². The molecule has 17 heavy (non-hydrogen) atoms. The molecule has 1 spiro atoms. The molecule has 2 fully saturated rings. The van der Waals surface area contributed by atoms with Crippen LogP contribution in [0.25, 0.3) is 0 Å². The van der Waals surface area contributed by atoms with E-state index in [9.17, 15) is 4.79 Å². The summed E-state index contributed by atoms with van der Waals surface area (Å²) in [4.78, 5) is 14.2. The lowest BCUT2D eigenvalue weighted by atomic mass is 9.91. The van der Waals surface area contributed by atoms with Gasteiger partial charge in [-0.05, 0) is 57.8 Å². The van der Waals surface area contributed by atoms with Gasteiger partial charge in [-0.1, -0.05) is 0 Å². The van der Waals surface area contributed by atoms with E-state index in [1.54, 1.807) is 0 Å². The first-order valence-corrected chi connectivity index (χ1v) is 6.80. The third-order valence-electron chi connectivity index (χ3n) is 4.38. The van der Waals surface area contributed by atoms with Gasteiger partial charge in [0.15, 0.2) is 0 Å². The molecule has 0 aromatic carbocycles. The Kier molecular flexibility index (Phi) is 4.05. The van der Waals surface area contributed by atoms with Crippen LogP contribution in [-0.2, 0) is 4.79 Å². The number of amides is 1. The molecule has 2 aliphatic rings. The average molecular weight is 239 g/mol. The SMILES string of the molecule is CNCCCN(C)C(=O)C1CC12CCNCC2. The molecule has 0 bridgehead atoms. The predicted octanol–water partition coefficient (Wildman–Crippen LogP) is 0.444. The van der Waals surface area contributed by atoms with Gasteiger partial charge in [-0.25, -0.2) is 0 Å². The van der Waals surface area contributed by atoms with Crippen LogP contribution in [0.15, 0.2) is 0 Å². The van der Waals surface area contributed by atoms with E-state index >= 15 is 0 Å². The first-order valence-electron chi connectivity index (χ1n) is 6.80. The number of piperidine rings is 1. The molecule has 2 N–H and O–H groups in total. The summed E-state index contributed by atoms with van der Waals surface area (Å²) in [5.41, 5.74) is 0.375. The van der Waals surface area contributed by atoms with Gasteiger partial charge in [0.05, 0.1) is 0 Å². The van der Waals surface area contributed by atoms with Gasteiger partial charge in [-0.3, -0.25) is 4.79 Å². The average Bonchev–Trinajstić information content (AvgIpc) is 3.03. The number of nitrogens with zero attached hydrogens (tertiary/aromatic N) is 1. The number of nitrogens with one attached hydrogen (secondary N) is 2. The Morgan fingerprint density at radius 2 is 2.18 bits per heavy atom. The fourth-order valence-electron chi connectivity index (χ4n) is 3.04. The van der Waals surface area contributed by atoms with E-state index in [1.165, 1.54) is 12.8 Å². The zero-order chi connectivity index (χ0) is 12.3. The van der Waals surface area contributed by atoms with Crippen molar-refractivity contribution in [2.24, 2.45) is 11.3 Å². The summed E-state index contributed by atoms with van der Waals surface area (Å²) in [6.07, 6.45) is 4.55. The highest BCUT2D eigenvalue weighted by Gasteiger charge is 2.58. The topological polar surface area (TPSA) is 44.4 Å². The van der Waals surface area contributed by atoms with Gasteiger partial charge in [-0.15, -0.1) is 0 Å². The highest BCUT2D eigenvalue weighted by molar-refractivity contribution is 5.82. The number of hydrogen-bond donors (Lipinski definition) is 2. The maximum atomic E-state index is 12.3. The molecule has 1 saturated carbocycles. The van der Waals surface area contributed by atoms with Crippen LogP contribution in [0.1, 0.15) is 25.7 Å². The second-order valence-corrected chi connectivity index (χ2v) is 5.59. The summed E-state index contributed by atoms with van der Waals surface area (Å²) in [5.74, 6) is 0.701. The lowest BCUT2D eigenvalue weighted by Crippen LogP contribution is -2.35. The molecule has 1 saturated heterocycles. The fraction of sp³-hybridized carbons (Fsp3) is 0.923. The van der Waals surface area contributed by atoms with Gasteiger partial charge in [-0.2, -0.15) is 0 Å². The molecule has 98 valence electrons. The molecule has 4 heteroatoms. The summed E-state index contributed by atoms with van der Waals surface area (Å²) in [6.45, 7) is 4.04. The minimum atomic E-state index is 0.323. The lowest BCUT2D eigenvalue weighted by molar-refractivity contribution is -0.132. The van der Waals surface area contributed by atoms with Gasteiger partial charge < -0.3 is 15.5 Å². The van der Waals surface area contributed by atoms with Crippen molar-refractivity contribution in [2.45, 2.75) is 25.7 Å². The summed E-state index contributed by atoms with van der Waals surface area (Å²) < 4.78 is 0. The molecule has 1 amide bonds. The first kappa shape index (κ1) is 12.8. The van der Waals surface area contributed by atoms with E-state index in [-0.39, 0.29) is 0 Å². The largest absolute Gasteiger partial charge is 0.345 e. The van der Waals surface area contributed by atoms with E-state index < -0.39 is 0 Å². The Hall–Kier alpha value is -0.610. The zero-order valence-electron chi connectivity index (χ0n) is 11.1. The van der Waals surface area contributed by atoms with Crippen LogP contribution in [0.3, 0.4) is 0 Å². The summed E-state index contributed by atoms with van der Waals surface area (Å²) in [6, 6.07) is 0. The quantitative estimate of drug-likeness (QED) is 0.685. The minimum absolute atomic E-state index is 0.323. The molecule has 0 radical (unpaired) electrons. The van der Waals surface area contributed by atoms with E-state index in [0.717, 1.165) is 39.0 Å². The first-order chi connectivity index (χ1) is 8.19. The Morgan fingerprint density at radius 1 is 1.47 bits per heavy atom. The Labute approximate surface area is 104 Å². The van der Waals surface area contributed by atoms with Crippen LogP contribution in [0.5, 0.6) is 0 Å². The van der Waals surface area contributed by atoms with Crippen molar-refractivity contribution < 1.29 is 4.79 Å². The maximum Gasteiger partial charge on any atom is 0.226 e. The Balaban J connectivity index is 1.77. The molecule has 1 aliphatic heterocycles. The Bertz CT molecular complexity index is 274. The minimum Gasteiger partial charge on any atom is -0.345 e. The molecule has 1 unspecified atom stereocenters. The van der Waals surface area contributed by atoms with Crippen LogP contribution in [0, 0.1) is 11.3 Å². The molecule has 2 rings (SSSR count). The number of hydrogen-bond acceptors (Lipinski definition) is 3. The van der Waals surface area contributed by atoms with E-state index in [4.69, 9.17) is 0 Å². The van der Waals surface area contributed by atoms with Gasteiger partial charge in [0, 0.05) is 19.5 Å². The summed E-state index contributed by atoms with van der Waals surface area (Å²) in [7, 11) is 3.90. The molecule has 0 aromatic heterocycles. The third kappa shape index (κ3) is 2.80. The zero-order valence-corrected chi connectivity index (χ0v) is 11.1. The van der Waals surface area contributed by atoms with Gasteiger partial charge in [0.25, 0.3) is 0 Å². The number of rotatable bonds is 5. The van der Waals surface area contributed by atoms with Crippen molar-refractivity contribution in [3.8, 4) is 0 Å². The Morgan fingerprint density at radius 3 is 2.82 bits per heavy atom. The van der Waals surface area contributed by atoms with Crippen LogP contribution in [-0.4, -0.2) is 51.1 Å². The molecule has 1 heterocycles. The van der Waals surface area contributed by atoms with Crippen LogP contribution in [0.4, 0.5) is 0 Å². The number of carbonyl (C=O) groups is 1. The van der Waals surface area contributed by atoms with Gasteiger partial charge >= 0.3 is 0 Å². The van der Waals surface area contributed by atoms with Crippen LogP contribution >= 0.6 is 0 Å². The smallest absolute Gasteiger partial charge is 0.226 e. The third-order valence-corrected chi connectivity index (χ3v) is 4.38. The standard InChI is InChI=1S/C13H25N3O/c1-14-6-3-9-16(2)12(17)11-10-13(11)4-7-15-8-5-13/h11,14-15H,3-10H2,1-2H3. The fourth-order valence-corrected chi connectivity index (χ4v) is 3.04. The molecular weight excluding hydrogens is 214 g/mol. The van der Waals surface area contributed by atoms with Crippen LogP contribution in [0.2, 0.25) is 0 Å². The molecule has 1 atom stereocenters. The van der Waals surface area contributed by atoms with Crippen molar-refractivity contribution in [1.82, 2.24) is 15.5 Å². The predicted molar refractivity (Wildman–Crippen MR) is 68.8 cm³/mol. The number of carbonyl (C=O) groups excluding carboxylic acids is 1.